The molecule has 3 rings (SSSR count). The van der Waals surface area contributed by atoms with Crippen LogP contribution in [0.1, 0.15) is 46.3 Å². The zero-order valence-electron chi connectivity index (χ0n) is 15.8. The summed E-state index contributed by atoms with van der Waals surface area (Å²) in [5.41, 5.74) is 3.74. The van der Waals surface area contributed by atoms with E-state index in [9.17, 15) is 14.0 Å². The van der Waals surface area contributed by atoms with Crippen molar-refractivity contribution in [3.8, 4) is 0 Å². The number of halogens is 1. The first kappa shape index (κ1) is 20.1. The standard InChI is InChI=1S/C18H26FN3O4S/c1-9(2)11-5-4-10(3)6-13(11)25-16(23)17-26-14(8-27-17)22-7-12(19)15(20)21-18(22)24/h7,9-11,13-14,17H,4-6,8H2,1-3H3,(H2,20,21,24)/t10-,11+,13-,14?,17?/m1/s1. The Labute approximate surface area is 161 Å². The lowest BCUT2D eigenvalue weighted by molar-refractivity contribution is -0.166. The highest BCUT2D eigenvalue weighted by atomic mass is 32.2. The molecule has 0 radical (unpaired) electrons. The molecule has 2 unspecified atom stereocenters. The maximum absolute atomic E-state index is 13.6. The summed E-state index contributed by atoms with van der Waals surface area (Å²) in [6, 6.07) is 0. The minimum atomic E-state index is -0.840. The van der Waals surface area contributed by atoms with E-state index in [1.165, 1.54) is 11.8 Å². The fraction of sp³-hybridized carbons (Fsp3) is 0.722. The third-order valence-corrected chi connectivity index (χ3v) is 6.42. The highest BCUT2D eigenvalue weighted by molar-refractivity contribution is 8.00. The minimum absolute atomic E-state index is 0.122. The highest BCUT2D eigenvalue weighted by Gasteiger charge is 2.39. The topological polar surface area (TPSA) is 96.4 Å². The van der Waals surface area contributed by atoms with Crippen molar-refractivity contribution >= 4 is 23.5 Å². The molecule has 0 bridgehead atoms. The van der Waals surface area contributed by atoms with Crippen molar-refractivity contribution in [1.82, 2.24) is 9.55 Å². The number of aromatic nitrogens is 2. The van der Waals surface area contributed by atoms with Gasteiger partial charge in [-0.1, -0.05) is 27.2 Å². The van der Waals surface area contributed by atoms with Gasteiger partial charge in [-0.05, 0) is 30.6 Å². The predicted octanol–water partition coefficient (Wildman–Crippen LogP) is 2.56. The molecule has 2 fully saturated rings. The van der Waals surface area contributed by atoms with Crippen LogP contribution in [0, 0.1) is 23.6 Å². The van der Waals surface area contributed by atoms with Crippen LogP contribution >= 0.6 is 11.8 Å². The van der Waals surface area contributed by atoms with Crippen LogP contribution in [-0.4, -0.2) is 32.8 Å². The average molecular weight is 399 g/mol. The van der Waals surface area contributed by atoms with Crippen molar-refractivity contribution in [2.45, 2.75) is 57.8 Å². The number of carbonyl (C=O) groups excluding carboxylic acids is 1. The van der Waals surface area contributed by atoms with Crippen molar-refractivity contribution in [1.29, 1.82) is 0 Å². The zero-order valence-corrected chi connectivity index (χ0v) is 16.6. The fourth-order valence-corrected chi connectivity index (χ4v) is 4.76. The van der Waals surface area contributed by atoms with E-state index in [0.717, 1.165) is 30.0 Å². The molecule has 1 aliphatic carbocycles. The molecule has 9 heteroatoms. The number of nitrogens with zero attached hydrogens (tertiary/aromatic N) is 2. The Bertz CT molecular complexity index is 757. The molecule has 2 N–H and O–H groups in total. The Balaban J connectivity index is 1.65. The molecule has 150 valence electrons. The Hall–Kier alpha value is -1.61. The Kier molecular flexibility index (Phi) is 6.10. The van der Waals surface area contributed by atoms with Gasteiger partial charge in [-0.15, -0.1) is 11.8 Å². The number of hydrogen-bond donors (Lipinski definition) is 1. The number of ether oxygens (including phenoxy) is 2. The van der Waals surface area contributed by atoms with Gasteiger partial charge in [0.25, 0.3) is 0 Å². The molecule has 1 aromatic heterocycles. The lowest BCUT2D eigenvalue weighted by Gasteiger charge is -2.37. The number of thioether (sulfide) groups is 1. The van der Waals surface area contributed by atoms with Crippen molar-refractivity contribution in [2.75, 3.05) is 11.5 Å². The molecule has 1 saturated carbocycles. The molecule has 1 aliphatic heterocycles. The molecular formula is C18H26FN3O4S. The van der Waals surface area contributed by atoms with Gasteiger partial charge in [0.1, 0.15) is 12.3 Å². The maximum Gasteiger partial charge on any atom is 0.351 e. The van der Waals surface area contributed by atoms with Crippen molar-refractivity contribution in [3.05, 3.63) is 22.5 Å². The summed E-state index contributed by atoms with van der Waals surface area (Å²) in [6.07, 6.45) is 3.09. The van der Waals surface area contributed by atoms with Crippen LogP contribution in [0.2, 0.25) is 0 Å². The summed E-state index contributed by atoms with van der Waals surface area (Å²) in [7, 11) is 0. The average Bonchev–Trinajstić information content (AvgIpc) is 3.08. The smallest absolute Gasteiger partial charge is 0.351 e. The van der Waals surface area contributed by atoms with Gasteiger partial charge in [-0.3, -0.25) is 4.57 Å². The number of esters is 1. The summed E-state index contributed by atoms with van der Waals surface area (Å²) in [5.74, 6) is -0.0872. The van der Waals surface area contributed by atoms with E-state index in [4.69, 9.17) is 15.2 Å². The molecule has 0 spiro atoms. The molecule has 0 aromatic carbocycles. The van der Waals surface area contributed by atoms with Crippen molar-refractivity contribution in [3.63, 3.8) is 0 Å². The number of carbonyl (C=O) groups is 1. The van der Waals surface area contributed by atoms with Gasteiger partial charge in [-0.2, -0.15) is 4.98 Å². The van der Waals surface area contributed by atoms with E-state index in [-0.39, 0.29) is 6.10 Å². The Morgan fingerprint density at radius 1 is 1.48 bits per heavy atom. The van der Waals surface area contributed by atoms with E-state index < -0.39 is 35.0 Å². The van der Waals surface area contributed by atoms with E-state index in [2.05, 4.69) is 25.8 Å². The number of nitrogen functional groups attached to an aromatic ring is 1. The SMILES string of the molecule is CC(C)[C@@H]1CC[C@@H](C)C[C@H]1OC(=O)C1OC(n2cc(F)c(N)nc2=O)CS1. The van der Waals surface area contributed by atoms with Gasteiger partial charge in [0.05, 0.1) is 6.20 Å². The van der Waals surface area contributed by atoms with Crippen LogP contribution in [-0.2, 0) is 14.3 Å². The summed E-state index contributed by atoms with van der Waals surface area (Å²) >= 11 is 1.23. The van der Waals surface area contributed by atoms with Crippen LogP contribution in [0.15, 0.2) is 11.0 Å². The Morgan fingerprint density at radius 2 is 2.22 bits per heavy atom. The van der Waals surface area contributed by atoms with Gasteiger partial charge in [0.2, 0.25) is 5.44 Å². The third kappa shape index (κ3) is 4.45. The van der Waals surface area contributed by atoms with Crippen LogP contribution in [0.25, 0.3) is 0 Å². The minimum Gasteiger partial charge on any atom is -0.459 e. The normalized spacial score (nSPS) is 31.2. The Morgan fingerprint density at radius 3 is 2.93 bits per heavy atom. The summed E-state index contributed by atoms with van der Waals surface area (Å²) in [4.78, 5) is 28.0. The quantitative estimate of drug-likeness (QED) is 0.777. The van der Waals surface area contributed by atoms with Gasteiger partial charge in [-0.25, -0.2) is 14.0 Å². The number of nitrogens with two attached hydrogens (primary N) is 1. The van der Waals surface area contributed by atoms with Crippen LogP contribution < -0.4 is 11.4 Å². The first-order valence-electron chi connectivity index (χ1n) is 9.28. The van der Waals surface area contributed by atoms with Crippen LogP contribution in [0.4, 0.5) is 10.2 Å². The molecule has 27 heavy (non-hydrogen) atoms. The predicted molar refractivity (Wildman–Crippen MR) is 100 cm³/mol. The summed E-state index contributed by atoms with van der Waals surface area (Å²) in [6.45, 7) is 6.46. The molecular weight excluding hydrogens is 373 g/mol. The lowest BCUT2D eigenvalue weighted by Crippen LogP contribution is -2.38. The largest absolute Gasteiger partial charge is 0.459 e. The first-order valence-corrected chi connectivity index (χ1v) is 10.3. The molecule has 7 nitrogen and oxygen atoms in total. The van der Waals surface area contributed by atoms with E-state index in [1.807, 2.05) is 0 Å². The van der Waals surface area contributed by atoms with Gasteiger partial charge in [0, 0.05) is 5.75 Å². The second-order valence-corrected chi connectivity index (χ2v) is 8.82. The first-order chi connectivity index (χ1) is 12.8. The second kappa shape index (κ2) is 8.18. The van der Waals surface area contributed by atoms with Crippen molar-refractivity contribution in [2.24, 2.45) is 17.8 Å². The summed E-state index contributed by atoms with van der Waals surface area (Å²) in [5, 5.41) is 0. The van der Waals surface area contributed by atoms with Gasteiger partial charge < -0.3 is 15.2 Å². The molecule has 0 amide bonds. The molecule has 5 atom stereocenters. The van der Waals surface area contributed by atoms with Crippen molar-refractivity contribution < 1.29 is 18.7 Å². The van der Waals surface area contributed by atoms with E-state index in [1.54, 1.807) is 0 Å². The van der Waals surface area contributed by atoms with Crippen LogP contribution in [0.5, 0.6) is 0 Å². The highest BCUT2D eigenvalue weighted by Crippen LogP contribution is 2.37. The molecule has 2 heterocycles. The number of anilines is 1. The maximum atomic E-state index is 13.6. The molecule has 1 aromatic rings. The number of hydrogen-bond acceptors (Lipinski definition) is 7. The third-order valence-electron chi connectivity index (χ3n) is 5.34. The number of rotatable bonds is 4. The monoisotopic (exact) mass is 399 g/mol. The summed E-state index contributed by atoms with van der Waals surface area (Å²) < 4.78 is 26.1. The van der Waals surface area contributed by atoms with E-state index in [0.29, 0.717) is 23.5 Å². The molecule has 1 saturated heterocycles. The lowest BCUT2D eigenvalue weighted by atomic mass is 9.75. The van der Waals surface area contributed by atoms with Gasteiger partial charge in [0.15, 0.2) is 11.6 Å². The zero-order chi connectivity index (χ0) is 19.7. The fourth-order valence-electron chi connectivity index (χ4n) is 3.78. The second-order valence-electron chi connectivity index (χ2n) is 7.72. The van der Waals surface area contributed by atoms with Gasteiger partial charge >= 0.3 is 11.7 Å². The molecule has 2 aliphatic rings. The van der Waals surface area contributed by atoms with Crippen LogP contribution in [0.3, 0.4) is 0 Å². The van der Waals surface area contributed by atoms with E-state index >= 15 is 0 Å².